The van der Waals surface area contributed by atoms with Crippen molar-refractivity contribution < 1.29 is 4.79 Å². The highest BCUT2D eigenvalue weighted by molar-refractivity contribution is 5.94. The van der Waals surface area contributed by atoms with Crippen LogP contribution in [0.25, 0.3) is 0 Å². The second kappa shape index (κ2) is 5.40. The fourth-order valence-corrected chi connectivity index (χ4v) is 2.38. The second-order valence-electron chi connectivity index (χ2n) is 5.19. The molecule has 18 heavy (non-hydrogen) atoms. The number of hydrogen-bond donors (Lipinski definition) is 2. The van der Waals surface area contributed by atoms with Gasteiger partial charge in [0.2, 0.25) is 0 Å². The van der Waals surface area contributed by atoms with Crippen LogP contribution in [0.5, 0.6) is 0 Å². The summed E-state index contributed by atoms with van der Waals surface area (Å²) in [5.41, 5.74) is 7.61. The van der Waals surface area contributed by atoms with E-state index < -0.39 is 0 Å². The third-order valence-electron chi connectivity index (χ3n) is 3.36. The molecule has 4 nitrogen and oxygen atoms in total. The minimum absolute atomic E-state index is 0.0294. The average molecular weight is 247 g/mol. The smallest absolute Gasteiger partial charge is 0.253 e. The zero-order chi connectivity index (χ0) is 13.1. The molecule has 1 fully saturated rings. The Bertz CT molecular complexity index is 431. The van der Waals surface area contributed by atoms with E-state index in [0.29, 0.717) is 17.6 Å². The van der Waals surface area contributed by atoms with Crippen LogP contribution in [0.4, 0.5) is 5.69 Å². The van der Waals surface area contributed by atoms with Crippen molar-refractivity contribution in [2.75, 3.05) is 19.4 Å². The van der Waals surface area contributed by atoms with Crippen LogP contribution in [-0.4, -0.2) is 37.0 Å². The molecule has 1 aromatic rings. The fourth-order valence-electron chi connectivity index (χ4n) is 2.38. The summed E-state index contributed by atoms with van der Waals surface area (Å²) in [6, 6.07) is 8.41. The molecule has 2 unspecified atom stereocenters. The highest BCUT2D eigenvalue weighted by Crippen LogP contribution is 2.22. The monoisotopic (exact) mass is 247 g/mol. The number of nitrogens with zero attached hydrogens (tertiary/aromatic N) is 1. The van der Waals surface area contributed by atoms with Crippen LogP contribution in [0.2, 0.25) is 0 Å². The highest BCUT2D eigenvalue weighted by atomic mass is 16.2. The lowest BCUT2D eigenvalue weighted by molar-refractivity contribution is 0.0827. The number of nitrogens with two attached hydrogens (primary N) is 1. The number of hydrogen-bond acceptors (Lipinski definition) is 3. The standard InChI is InChI=1S/C14H21N3O/c1-17(2)14(18)10-4-3-5-12(8-10)16-13-7-6-11(15)9-13/h3-5,8,11,13,16H,6-7,9,15H2,1-2H3. The summed E-state index contributed by atoms with van der Waals surface area (Å²) in [6.45, 7) is 0. The fraction of sp³-hybridized carbons (Fsp3) is 0.500. The molecule has 0 aromatic heterocycles. The molecule has 98 valence electrons. The van der Waals surface area contributed by atoms with Gasteiger partial charge in [-0.1, -0.05) is 6.07 Å². The first-order chi connectivity index (χ1) is 8.56. The van der Waals surface area contributed by atoms with E-state index in [4.69, 9.17) is 5.73 Å². The Kier molecular flexibility index (Phi) is 3.87. The van der Waals surface area contributed by atoms with Crippen LogP contribution >= 0.6 is 0 Å². The van der Waals surface area contributed by atoms with Crippen molar-refractivity contribution in [3.05, 3.63) is 29.8 Å². The maximum absolute atomic E-state index is 11.9. The maximum atomic E-state index is 11.9. The summed E-state index contributed by atoms with van der Waals surface area (Å²) < 4.78 is 0. The topological polar surface area (TPSA) is 58.4 Å². The van der Waals surface area contributed by atoms with Crippen LogP contribution < -0.4 is 11.1 Å². The maximum Gasteiger partial charge on any atom is 0.253 e. The molecule has 1 aliphatic rings. The van der Waals surface area contributed by atoms with Gasteiger partial charge in [0.05, 0.1) is 0 Å². The zero-order valence-electron chi connectivity index (χ0n) is 11.0. The van der Waals surface area contributed by atoms with Crippen molar-refractivity contribution in [1.82, 2.24) is 4.90 Å². The van der Waals surface area contributed by atoms with Crippen molar-refractivity contribution in [3.63, 3.8) is 0 Å². The largest absolute Gasteiger partial charge is 0.382 e. The van der Waals surface area contributed by atoms with Gasteiger partial charge in [-0.25, -0.2) is 0 Å². The summed E-state index contributed by atoms with van der Waals surface area (Å²) >= 11 is 0. The van der Waals surface area contributed by atoms with Gasteiger partial charge in [0.15, 0.2) is 0 Å². The molecule has 1 saturated carbocycles. The first-order valence-corrected chi connectivity index (χ1v) is 6.40. The lowest BCUT2D eigenvalue weighted by Gasteiger charge is -2.16. The van der Waals surface area contributed by atoms with Crippen LogP contribution in [-0.2, 0) is 0 Å². The molecule has 2 rings (SSSR count). The van der Waals surface area contributed by atoms with Crippen molar-refractivity contribution in [2.45, 2.75) is 31.3 Å². The van der Waals surface area contributed by atoms with Crippen molar-refractivity contribution in [1.29, 1.82) is 0 Å². The number of carbonyl (C=O) groups is 1. The lowest BCUT2D eigenvalue weighted by atomic mass is 10.1. The van der Waals surface area contributed by atoms with E-state index in [0.717, 1.165) is 24.9 Å². The number of rotatable bonds is 3. The van der Waals surface area contributed by atoms with E-state index in [9.17, 15) is 4.79 Å². The van der Waals surface area contributed by atoms with Crippen molar-refractivity contribution >= 4 is 11.6 Å². The number of carbonyl (C=O) groups excluding carboxylic acids is 1. The third kappa shape index (κ3) is 3.01. The molecule has 0 heterocycles. The van der Waals surface area contributed by atoms with Gasteiger partial charge in [-0.2, -0.15) is 0 Å². The van der Waals surface area contributed by atoms with Gasteiger partial charge in [0, 0.05) is 37.4 Å². The predicted molar refractivity (Wildman–Crippen MR) is 73.7 cm³/mol. The molecule has 4 heteroatoms. The van der Waals surface area contributed by atoms with Gasteiger partial charge in [-0.05, 0) is 37.5 Å². The van der Waals surface area contributed by atoms with Crippen LogP contribution in [0.1, 0.15) is 29.6 Å². The van der Waals surface area contributed by atoms with Gasteiger partial charge in [0.1, 0.15) is 0 Å². The molecule has 0 radical (unpaired) electrons. The van der Waals surface area contributed by atoms with Crippen LogP contribution in [0, 0.1) is 0 Å². The van der Waals surface area contributed by atoms with E-state index in [1.54, 1.807) is 19.0 Å². The van der Waals surface area contributed by atoms with E-state index in [1.165, 1.54) is 0 Å². The minimum atomic E-state index is 0.0294. The minimum Gasteiger partial charge on any atom is -0.382 e. The number of nitrogens with one attached hydrogen (secondary N) is 1. The number of amides is 1. The van der Waals surface area contributed by atoms with Crippen LogP contribution in [0.3, 0.4) is 0 Å². The third-order valence-corrected chi connectivity index (χ3v) is 3.36. The molecular formula is C14H21N3O. The zero-order valence-corrected chi connectivity index (χ0v) is 11.0. The highest BCUT2D eigenvalue weighted by Gasteiger charge is 2.21. The predicted octanol–water partition coefficient (Wildman–Crippen LogP) is 1.68. The Hall–Kier alpha value is -1.55. The second-order valence-corrected chi connectivity index (χ2v) is 5.19. The molecule has 1 aromatic carbocycles. The van der Waals surface area contributed by atoms with Gasteiger partial charge in [-0.15, -0.1) is 0 Å². The SMILES string of the molecule is CN(C)C(=O)c1cccc(NC2CCC(N)C2)c1. The first kappa shape index (κ1) is 12.9. The van der Waals surface area contributed by atoms with Crippen molar-refractivity contribution in [3.8, 4) is 0 Å². The molecular weight excluding hydrogens is 226 g/mol. The molecule has 1 aliphatic carbocycles. The molecule has 1 amide bonds. The molecule has 0 saturated heterocycles. The van der Waals surface area contributed by atoms with Gasteiger partial charge >= 0.3 is 0 Å². The first-order valence-electron chi connectivity index (χ1n) is 6.40. The van der Waals surface area contributed by atoms with Gasteiger partial charge < -0.3 is 16.0 Å². The number of benzene rings is 1. The lowest BCUT2D eigenvalue weighted by Crippen LogP contribution is -2.23. The average Bonchev–Trinajstić information content (AvgIpc) is 2.74. The Balaban J connectivity index is 2.05. The Morgan fingerprint density at radius 2 is 2.17 bits per heavy atom. The summed E-state index contributed by atoms with van der Waals surface area (Å²) in [7, 11) is 3.52. The van der Waals surface area contributed by atoms with Gasteiger partial charge in [0.25, 0.3) is 5.91 Å². The quantitative estimate of drug-likeness (QED) is 0.854. The molecule has 0 bridgehead atoms. The molecule has 2 atom stereocenters. The van der Waals surface area contributed by atoms with E-state index in [-0.39, 0.29) is 5.91 Å². The van der Waals surface area contributed by atoms with Gasteiger partial charge in [-0.3, -0.25) is 4.79 Å². The van der Waals surface area contributed by atoms with Crippen molar-refractivity contribution in [2.24, 2.45) is 5.73 Å². The summed E-state index contributed by atoms with van der Waals surface area (Å²) in [5.74, 6) is 0.0294. The van der Waals surface area contributed by atoms with E-state index >= 15 is 0 Å². The Morgan fingerprint density at radius 1 is 1.39 bits per heavy atom. The summed E-state index contributed by atoms with van der Waals surface area (Å²) in [4.78, 5) is 13.5. The molecule has 3 N–H and O–H groups in total. The van der Waals surface area contributed by atoms with Crippen LogP contribution in [0.15, 0.2) is 24.3 Å². The molecule has 0 aliphatic heterocycles. The Morgan fingerprint density at radius 3 is 2.78 bits per heavy atom. The molecule has 0 spiro atoms. The number of anilines is 1. The normalized spacial score (nSPS) is 22.8. The Labute approximate surface area is 108 Å². The summed E-state index contributed by atoms with van der Waals surface area (Å²) in [5, 5.41) is 3.45. The van der Waals surface area contributed by atoms with E-state index in [2.05, 4.69) is 5.32 Å². The summed E-state index contributed by atoms with van der Waals surface area (Å²) in [6.07, 6.45) is 3.19. The van der Waals surface area contributed by atoms with E-state index in [1.807, 2.05) is 24.3 Å².